The molecule has 1 atom stereocenters. The molecule has 1 fully saturated rings. The van der Waals surface area contributed by atoms with Crippen LogP contribution in [0.1, 0.15) is 34.5 Å². The zero-order valence-electron chi connectivity index (χ0n) is 15.8. The summed E-state index contributed by atoms with van der Waals surface area (Å²) in [6.45, 7) is 0.906. The molecule has 8 nitrogen and oxygen atoms in total. The third-order valence-electron chi connectivity index (χ3n) is 5.44. The van der Waals surface area contributed by atoms with Crippen molar-refractivity contribution in [1.29, 1.82) is 5.26 Å². The fourth-order valence-electron chi connectivity index (χ4n) is 4.02. The molecule has 1 aromatic carbocycles. The molecular formula is C21H17FN6O2. The van der Waals surface area contributed by atoms with Crippen LogP contribution in [0.2, 0.25) is 0 Å². The van der Waals surface area contributed by atoms with Gasteiger partial charge in [0.1, 0.15) is 12.0 Å². The molecule has 0 saturated carbocycles. The molecule has 2 aromatic heterocycles. The van der Waals surface area contributed by atoms with Crippen molar-refractivity contribution in [2.24, 2.45) is 0 Å². The fraction of sp³-hybridized carbons (Fsp3) is 0.238. The highest BCUT2D eigenvalue weighted by Gasteiger charge is 2.29. The Morgan fingerprint density at radius 3 is 2.93 bits per heavy atom. The maximum atomic E-state index is 14.6. The molecule has 0 bridgehead atoms. The third-order valence-corrected chi connectivity index (χ3v) is 5.44. The molecule has 150 valence electrons. The first-order valence-corrected chi connectivity index (χ1v) is 9.58. The van der Waals surface area contributed by atoms with Crippen LogP contribution in [0.15, 0.2) is 36.5 Å². The topological polar surface area (TPSA) is 107 Å². The van der Waals surface area contributed by atoms with Crippen LogP contribution in [0.25, 0.3) is 16.9 Å². The highest BCUT2D eigenvalue weighted by Crippen LogP contribution is 2.32. The molecule has 5 rings (SSSR count). The van der Waals surface area contributed by atoms with Crippen molar-refractivity contribution < 1.29 is 14.3 Å². The van der Waals surface area contributed by atoms with Crippen LogP contribution < -0.4 is 10.2 Å². The summed E-state index contributed by atoms with van der Waals surface area (Å²) in [5, 5.41) is 26.8. The Hall–Kier alpha value is -3.77. The lowest BCUT2D eigenvalue weighted by atomic mass is 10.0. The number of hydrogen-bond acceptors (Lipinski definition) is 6. The summed E-state index contributed by atoms with van der Waals surface area (Å²) < 4.78 is 16.1. The molecule has 30 heavy (non-hydrogen) atoms. The molecule has 0 spiro atoms. The van der Waals surface area contributed by atoms with Crippen LogP contribution in [-0.4, -0.2) is 38.6 Å². The SMILES string of the molecule is N#Cc1cccc(F)c1-c1cc(-n2ccc(N3CCCC3O)n2)c2c(n1)CNC2=O. The average molecular weight is 404 g/mol. The first-order chi connectivity index (χ1) is 14.6. The van der Waals surface area contributed by atoms with Crippen LogP contribution >= 0.6 is 0 Å². The van der Waals surface area contributed by atoms with Gasteiger partial charge in [-0.1, -0.05) is 6.07 Å². The first-order valence-electron chi connectivity index (χ1n) is 9.58. The predicted molar refractivity (Wildman–Crippen MR) is 105 cm³/mol. The Labute approximate surface area is 171 Å². The van der Waals surface area contributed by atoms with Gasteiger partial charge < -0.3 is 15.3 Å². The monoisotopic (exact) mass is 404 g/mol. The standard InChI is InChI=1S/C21H17FN6O2/c22-13-4-1-3-12(10-23)19(13)14-9-16(20-15(25-14)11-24-21(20)30)28-8-6-17(26-28)27-7-2-5-18(27)29/h1,3-4,6,8-9,18,29H,2,5,7,11H2,(H,24,30). The van der Waals surface area contributed by atoms with E-state index in [0.29, 0.717) is 35.7 Å². The quantitative estimate of drug-likeness (QED) is 0.692. The number of nitrogens with one attached hydrogen (secondary N) is 1. The lowest BCUT2D eigenvalue weighted by Crippen LogP contribution is -2.29. The van der Waals surface area contributed by atoms with Crippen molar-refractivity contribution in [1.82, 2.24) is 20.1 Å². The summed E-state index contributed by atoms with van der Waals surface area (Å²) in [4.78, 5) is 18.7. The van der Waals surface area contributed by atoms with Crippen molar-refractivity contribution >= 4 is 11.7 Å². The van der Waals surface area contributed by atoms with Gasteiger partial charge in [0.05, 0.1) is 46.4 Å². The van der Waals surface area contributed by atoms with Gasteiger partial charge in [-0.2, -0.15) is 10.4 Å². The second-order valence-electron chi connectivity index (χ2n) is 7.24. The minimum Gasteiger partial charge on any atom is -0.374 e. The van der Waals surface area contributed by atoms with E-state index in [1.807, 2.05) is 6.07 Å². The first kappa shape index (κ1) is 18.3. The van der Waals surface area contributed by atoms with Gasteiger partial charge in [-0.15, -0.1) is 0 Å². The summed E-state index contributed by atoms with van der Waals surface area (Å²) in [5.41, 5.74) is 1.78. The average Bonchev–Trinajstić information content (AvgIpc) is 3.47. The minimum atomic E-state index is -0.591. The number of carbonyl (C=O) groups is 1. The van der Waals surface area contributed by atoms with E-state index in [1.54, 1.807) is 23.2 Å². The lowest BCUT2D eigenvalue weighted by molar-refractivity contribution is 0.0965. The van der Waals surface area contributed by atoms with E-state index in [2.05, 4.69) is 15.4 Å². The molecule has 9 heteroatoms. The number of amides is 1. The van der Waals surface area contributed by atoms with Gasteiger partial charge in [-0.25, -0.2) is 14.1 Å². The van der Waals surface area contributed by atoms with Gasteiger partial charge in [-0.3, -0.25) is 4.79 Å². The summed E-state index contributed by atoms with van der Waals surface area (Å²) in [6.07, 6.45) is 2.65. The van der Waals surface area contributed by atoms with E-state index >= 15 is 0 Å². The van der Waals surface area contributed by atoms with Gasteiger partial charge in [-0.05, 0) is 31.0 Å². The second kappa shape index (κ2) is 6.93. The number of halogens is 1. The van der Waals surface area contributed by atoms with Crippen molar-refractivity contribution in [3.05, 3.63) is 59.2 Å². The zero-order chi connectivity index (χ0) is 20.8. The number of pyridine rings is 1. The normalized spacial score (nSPS) is 17.7. The molecule has 2 aliphatic rings. The summed E-state index contributed by atoms with van der Waals surface area (Å²) >= 11 is 0. The highest BCUT2D eigenvalue weighted by atomic mass is 19.1. The van der Waals surface area contributed by atoms with E-state index in [-0.39, 0.29) is 29.3 Å². The molecule has 2 aliphatic heterocycles. The van der Waals surface area contributed by atoms with E-state index in [0.717, 1.165) is 6.42 Å². The van der Waals surface area contributed by atoms with Crippen molar-refractivity contribution in [2.45, 2.75) is 25.6 Å². The van der Waals surface area contributed by atoms with Crippen LogP contribution in [0, 0.1) is 17.1 Å². The Balaban J connectivity index is 1.67. The van der Waals surface area contributed by atoms with E-state index < -0.39 is 12.0 Å². The number of carbonyl (C=O) groups excluding carboxylic acids is 1. The summed E-state index contributed by atoms with van der Waals surface area (Å²) in [6, 6.07) is 9.60. The van der Waals surface area contributed by atoms with Crippen LogP contribution in [0.5, 0.6) is 0 Å². The molecular weight excluding hydrogens is 387 g/mol. The Bertz CT molecular complexity index is 1210. The number of hydrogen-bond donors (Lipinski definition) is 2. The summed E-state index contributed by atoms with van der Waals surface area (Å²) in [7, 11) is 0. The molecule has 0 radical (unpaired) electrons. The number of aromatic nitrogens is 3. The van der Waals surface area contributed by atoms with E-state index in [1.165, 1.54) is 22.9 Å². The largest absolute Gasteiger partial charge is 0.374 e. The Morgan fingerprint density at radius 2 is 2.17 bits per heavy atom. The van der Waals surface area contributed by atoms with E-state index in [9.17, 15) is 19.6 Å². The van der Waals surface area contributed by atoms with Crippen LogP contribution in [-0.2, 0) is 6.54 Å². The number of anilines is 1. The number of rotatable bonds is 3. The van der Waals surface area contributed by atoms with Crippen molar-refractivity contribution in [2.75, 3.05) is 11.4 Å². The van der Waals surface area contributed by atoms with Crippen LogP contribution in [0.4, 0.5) is 10.2 Å². The molecule has 1 saturated heterocycles. The molecule has 4 heterocycles. The second-order valence-corrected chi connectivity index (χ2v) is 7.24. The Morgan fingerprint density at radius 1 is 1.30 bits per heavy atom. The minimum absolute atomic E-state index is 0.0887. The number of nitriles is 1. The maximum absolute atomic E-state index is 14.6. The van der Waals surface area contributed by atoms with Gasteiger partial charge in [0.15, 0.2) is 5.82 Å². The van der Waals surface area contributed by atoms with Gasteiger partial charge >= 0.3 is 0 Å². The maximum Gasteiger partial charge on any atom is 0.255 e. The highest BCUT2D eigenvalue weighted by molar-refractivity contribution is 6.01. The molecule has 1 amide bonds. The van der Waals surface area contributed by atoms with Gasteiger partial charge in [0.2, 0.25) is 0 Å². The van der Waals surface area contributed by atoms with Gasteiger partial charge in [0.25, 0.3) is 5.91 Å². The third kappa shape index (κ3) is 2.81. The molecule has 2 N–H and O–H groups in total. The lowest BCUT2D eigenvalue weighted by Gasteiger charge is -2.19. The van der Waals surface area contributed by atoms with Crippen molar-refractivity contribution in [3.63, 3.8) is 0 Å². The number of benzene rings is 1. The number of nitrogens with zero attached hydrogens (tertiary/aromatic N) is 5. The van der Waals surface area contributed by atoms with Gasteiger partial charge in [0, 0.05) is 18.8 Å². The smallest absolute Gasteiger partial charge is 0.255 e. The molecule has 0 aliphatic carbocycles. The Kier molecular flexibility index (Phi) is 4.22. The molecule has 3 aromatic rings. The number of aliphatic hydroxyl groups excluding tert-OH is 1. The van der Waals surface area contributed by atoms with Crippen molar-refractivity contribution in [3.8, 4) is 23.0 Å². The van der Waals surface area contributed by atoms with Crippen LogP contribution in [0.3, 0.4) is 0 Å². The fourth-order valence-corrected chi connectivity index (χ4v) is 4.02. The van der Waals surface area contributed by atoms with E-state index in [4.69, 9.17) is 0 Å². The molecule has 1 unspecified atom stereocenters. The zero-order valence-corrected chi connectivity index (χ0v) is 15.8. The number of fused-ring (bicyclic) bond motifs is 1. The number of aliphatic hydroxyl groups is 1. The summed E-state index contributed by atoms with van der Waals surface area (Å²) in [5.74, 6) is -0.258. The predicted octanol–water partition coefficient (Wildman–Crippen LogP) is 2.11.